The zero-order chi connectivity index (χ0) is 17.4. The van der Waals surface area contributed by atoms with Crippen molar-refractivity contribution in [3.63, 3.8) is 0 Å². The Balaban J connectivity index is 1.59. The van der Waals surface area contributed by atoms with Crippen molar-refractivity contribution < 1.29 is 9.18 Å². The number of aryl methyl sites for hydroxylation is 1. The fraction of sp³-hybridized carbons (Fsp3) is 0.556. The van der Waals surface area contributed by atoms with E-state index in [0.717, 1.165) is 49.9 Å². The van der Waals surface area contributed by atoms with Gasteiger partial charge in [-0.3, -0.25) is 14.9 Å². The van der Waals surface area contributed by atoms with E-state index in [2.05, 4.69) is 27.1 Å². The van der Waals surface area contributed by atoms with Gasteiger partial charge in [0.05, 0.1) is 11.8 Å². The smallest absolute Gasteiger partial charge is 0.256 e. The van der Waals surface area contributed by atoms with Crippen molar-refractivity contribution in [1.29, 1.82) is 0 Å². The minimum absolute atomic E-state index is 0.0465. The zero-order valence-electron chi connectivity index (χ0n) is 14.3. The van der Waals surface area contributed by atoms with Crippen LogP contribution in [0.2, 0.25) is 0 Å². The molecule has 2 aromatic heterocycles. The average Bonchev–Trinajstić information content (AvgIpc) is 3.19. The summed E-state index contributed by atoms with van der Waals surface area (Å²) in [6.45, 7) is 3.30. The second kappa shape index (κ2) is 6.20. The largest absolute Gasteiger partial charge is 0.337 e. The van der Waals surface area contributed by atoms with Gasteiger partial charge in [0.15, 0.2) is 11.6 Å². The van der Waals surface area contributed by atoms with Crippen LogP contribution in [0.1, 0.15) is 60.5 Å². The van der Waals surface area contributed by atoms with E-state index >= 15 is 0 Å². The van der Waals surface area contributed by atoms with E-state index in [1.165, 1.54) is 12.3 Å². The van der Waals surface area contributed by atoms with Crippen LogP contribution in [0.15, 0.2) is 18.5 Å². The molecule has 1 saturated heterocycles. The van der Waals surface area contributed by atoms with Crippen molar-refractivity contribution in [2.24, 2.45) is 5.41 Å². The molecule has 2 fully saturated rings. The van der Waals surface area contributed by atoms with Gasteiger partial charge in [0.2, 0.25) is 0 Å². The number of nitrogens with zero attached hydrogens (tertiary/aromatic N) is 4. The van der Waals surface area contributed by atoms with Gasteiger partial charge in [0, 0.05) is 31.6 Å². The van der Waals surface area contributed by atoms with Crippen LogP contribution in [0.3, 0.4) is 0 Å². The molecule has 2 aliphatic rings. The number of aromatic nitrogens is 4. The maximum Gasteiger partial charge on any atom is 0.256 e. The predicted octanol–water partition coefficient (Wildman–Crippen LogP) is 2.70. The normalized spacial score (nSPS) is 21.5. The number of halogens is 1. The molecule has 7 heteroatoms. The second-order valence-corrected chi connectivity index (χ2v) is 7.20. The summed E-state index contributed by atoms with van der Waals surface area (Å²) in [5.41, 5.74) is 0.136. The predicted molar refractivity (Wildman–Crippen MR) is 89.5 cm³/mol. The number of H-pyrrole nitrogens is 1. The SMILES string of the molecule is CCCc1nc(C2CN(C(=O)c3ccncc3F)CC23CCC3)n[nH]1. The first-order valence-corrected chi connectivity index (χ1v) is 8.93. The van der Waals surface area contributed by atoms with E-state index < -0.39 is 5.82 Å². The lowest BCUT2D eigenvalue weighted by molar-refractivity contribution is 0.0719. The number of nitrogens with one attached hydrogen (secondary N) is 1. The van der Waals surface area contributed by atoms with Crippen LogP contribution in [-0.4, -0.2) is 44.1 Å². The standard InChI is InChI=1S/C18H22FN5O/c1-2-4-15-21-16(23-22-15)13-10-24(11-18(13)6-3-7-18)17(25)12-5-8-20-9-14(12)19/h5,8-9,13H,2-4,6-7,10-11H2,1H3,(H,21,22,23). The van der Waals surface area contributed by atoms with Gasteiger partial charge in [0.25, 0.3) is 5.91 Å². The third kappa shape index (κ3) is 2.71. The van der Waals surface area contributed by atoms with Crippen molar-refractivity contribution in [3.8, 4) is 0 Å². The van der Waals surface area contributed by atoms with Gasteiger partial charge in [-0.25, -0.2) is 9.37 Å². The molecule has 4 rings (SSSR count). The van der Waals surface area contributed by atoms with Crippen molar-refractivity contribution >= 4 is 5.91 Å². The zero-order valence-corrected chi connectivity index (χ0v) is 14.3. The number of pyridine rings is 1. The molecular weight excluding hydrogens is 321 g/mol. The van der Waals surface area contributed by atoms with Crippen LogP contribution < -0.4 is 0 Å². The summed E-state index contributed by atoms with van der Waals surface area (Å²) in [6.07, 6.45) is 7.72. The number of carbonyl (C=O) groups excluding carboxylic acids is 1. The molecule has 1 spiro atoms. The summed E-state index contributed by atoms with van der Waals surface area (Å²) in [5.74, 6) is 0.988. The fourth-order valence-corrected chi connectivity index (χ4v) is 4.15. The van der Waals surface area contributed by atoms with E-state index in [4.69, 9.17) is 0 Å². The Bertz CT molecular complexity index is 785. The molecule has 2 aromatic rings. The number of rotatable bonds is 4. The van der Waals surface area contributed by atoms with E-state index in [0.29, 0.717) is 13.1 Å². The average molecular weight is 343 g/mol. The van der Waals surface area contributed by atoms with Crippen LogP contribution in [0.4, 0.5) is 4.39 Å². The van der Waals surface area contributed by atoms with Crippen LogP contribution >= 0.6 is 0 Å². The Morgan fingerprint density at radius 1 is 1.48 bits per heavy atom. The number of hydrogen-bond donors (Lipinski definition) is 1. The highest BCUT2D eigenvalue weighted by Gasteiger charge is 2.53. The van der Waals surface area contributed by atoms with E-state index in [1.807, 2.05) is 0 Å². The molecule has 6 nitrogen and oxygen atoms in total. The monoisotopic (exact) mass is 343 g/mol. The molecule has 25 heavy (non-hydrogen) atoms. The highest BCUT2D eigenvalue weighted by molar-refractivity contribution is 5.94. The van der Waals surface area contributed by atoms with E-state index in [9.17, 15) is 9.18 Å². The highest BCUT2D eigenvalue weighted by atomic mass is 19.1. The van der Waals surface area contributed by atoms with Gasteiger partial charge >= 0.3 is 0 Å². The maximum atomic E-state index is 14.0. The summed E-state index contributed by atoms with van der Waals surface area (Å²) < 4.78 is 14.0. The lowest BCUT2D eigenvalue weighted by Gasteiger charge is -2.41. The van der Waals surface area contributed by atoms with Gasteiger partial charge in [-0.1, -0.05) is 13.3 Å². The number of likely N-dealkylation sites (tertiary alicyclic amines) is 1. The molecule has 1 amide bonds. The number of amides is 1. The Kier molecular flexibility index (Phi) is 4.01. The first-order valence-electron chi connectivity index (χ1n) is 8.93. The quantitative estimate of drug-likeness (QED) is 0.926. The summed E-state index contributed by atoms with van der Waals surface area (Å²) in [6, 6.07) is 1.45. The second-order valence-electron chi connectivity index (χ2n) is 7.20. The van der Waals surface area contributed by atoms with E-state index in [-0.39, 0.29) is 22.8 Å². The highest BCUT2D eigenvalue weighted by Crippen LogP contribution is 2.55. The fourth-order valence-electron chi connectivity index (χ4n) is 4.15. The molecule has 132 valence electrons. The Morgan fingerprint density at radius 2 is 2.32 bits per heavy atom. The molecule has 0 bridgehead atoms. The first kappa shape index (κ1) is 16.2. The van der Waals surface area contributed by atoms with Gasteiger partial charge in [-0.15, -0.1) is 0 Å². The lowest BCUT2D eigenvalue weighted by atomic mass is 9.62. The van der Waals surface area contributed by atoms with Crippen molar-refractivity contribution in [3.05, 3.63) is 41.5 Å². The van der Waals surface area contributed by atoms with Crippen LogP contribution in [-0.2, 0) is 6.42 Å². The molecular formula is C18H22FN5O. The summed E-state index contributed by atoms with van der Waals surface area (Å²) in [5, 5.41) is 7.44. The van der Waals surface area contributed by atoms with Gasteiger partial charge in [-0.05, 0) is 30.7 Å². The third-order valence-electron chi connectivity index (χ3n) is 5.63. The van der Waals surface area contributed by atoms with E-state index in [1.54, 1.807) is 4.90 Å². The summed E-state index contributed by atoms with van der Waals surface area (Å²) >= 11 is 0. The molecule has 1 aliphatic carbocycles. The van der Waals surface area contributed by atoms with Crippen molar-refractivity contribution in [2.45, 2.75) is 44.9 Å². The molecule has 1 aliphatic heterocycles. The minimum atomic E-state index is -0.568. The Labute approximate surface area is 145 Å². The molecule has 0 aromatic carbocycles. The number of aromatic amines is 1. The minimum Gasteiger partial charge on any atom is -0.337 e. The molecule has 1 saturated carbocycles. The lowest BCUT2D eigenvalue weighted by Crippen LogP contribution is -2.38. The number of carbonyl (C=O) groups is 1. The Morgan fingerprint density at radius 3 is 3.00 bits per heavy atom. The van der Waals surface area contributed by atoms with Crippen molar-refractivity contribution in [1.82, 2.24) is 25.1 Å². The van der Waals surface area contributed by atoms with Gasteiger partial charge < -0.3 is 4.90 Å². The topological polar surface area (TPSA) is 74.8 Å². The molecule has 1 N–H and O–H groups in total. The maximum absolute atomic E-state index is 14.0. The third-order valence-corrected chi connectivity index (χ3v) is 5.63. The van der Waals surface area contributed by atoms with Crippen LogP contribution in [0, 0.1) is 11.2 Å². The van der Waals surface area contributed by atoms with Crippen LogP contribution in [0.25, 0.3) is 0 Å². The van der Waals surface area contributed by atoms with Gasteiger partial charge in [-0.2, -0.15) is 5.10 Å². The first-order chi connectivity index (χ1) is 12.1. The molecule has 3 heterocycles. The van der Waals surface area contributed by atoms with Gasteiger partial charge in [0.1, 0.15) is 5.82 Å². The summed E-state index contributed by atoms with van der Waals surface area (Å²) in [7, 11) is 0. The summed E-state index contributed by atoms with van der Waals surface area (Å²) in [4.78, 5) is 22.9. The molecule has 1 unspecified atom stereocenters. The van der Waals surface area contributed by atoms with Crippen LogP contribution in [0.5, 0.6) is 0 Å². The molecule has 1 atom stereocenters. The van der Waals surface area contributed by atoms with Crippen molar-refractivity contribution in [2.75, 3.05) is 13.1 Å². The number of hydrogen-bond acceptors (Lipinski definition) is 4. The Hall–Kier alpha value is -2.31. The molecule has 0 radical (unpaired) electrons.